The van der Waals surface area contributed by atoms with Crippen molar-refractivity contribution in [3.63, 3.8) is 0 Å². The van der Waals surface area contributed by atoms with Crippen LogP contribution in [0.4, 0.5) is 0 Å². The van der Waals surface area contributed by atoms with Gasteiger partial charge in [-0.25, -0.2) is 0 Å². The number of hydrogen-bond donors (Lipinski definition) is 1. The molecule has 0 saturated carbocycles. The van der Waals surface area contributed by atoms with E-state index < -0.39 is 0 Å². The van der Waals surface area contributed by atoms with Crippen LogP contribution in [-0.4, -0.2) is 24.1 Å². The molecule has 0 saturated heterocycles. The lowest BCUT2D eigenvalue weighted by Gasteiger charge is -2.18. The summed E-state index contributed by atoms with van der Waals surface area (Å²) in [6, 6.07) is 9.25. The van der Waals surface area contributed by atoms with Crippen molar-refractivity contribution in [3.8, 4) is 11.5 Å². The first-order chi connectivity index (χ1) is 12.3. The maximum absolute atomic E-state index is 12.3. The molecule has 1 aliphatic rings. The summed E-state index contributed by atoms with van der Waals surface area (Å²) in [4.78, 5) is 16.3. The Labute approximate surface area is 147 Å². The Bertz CT molecular complexity index is 772. The van der Waals surface area contributed by atoms with Crippen molar-refractivity contribution in [2.75, 3.05) is 13.2 Å². The highest BCUT2D eigenvalue weighted by Gasteiger charge is 2.12. The van der Waals surface area contributed by atoms with Gasteiger partial charge in [0.15, 0.2) is 11.5 Å². The lowest BCUT2D eigenvalue weighted by Crippen LogP contribution is -2.26. The van der Waals surface area contributed by atoms with E-state index in [1.807, 2.05) is 30.3 Å². The van der Waals surface area contributed by atoms with E-state index in [4.69, 9.17) is 9.47 Å². The maximum atomic E-state index is 12.3. The van der Waals surface area contributed by atoms with Crippen molar-refractivity contribution < 1.29 is 14.3 Å². The largest absolute Gasteiger partial charge is 0.486 e. The van der Waals surface area contributed by atoms with E-state index in [0.717, 1.165) is 16.9 Å². The molecule has 0 radical (unpaired) electrons. The Balaban J connectivity index is 1.66. The predicted octanol–water partition coefficient (Wildman–Crippen LogP) is 3.30. The van der Waals surface area contributed by atoms with Gasteiger partial charge in [0.1, 0.15) is 13.2 Å². The smallest absolute Gasteiger partial charge is 0.244 e. The number of pyridine rings is 1. The molecule has 1 aromatic heterocycles. The number of nitrogens with zero attached hydrogens (tertiary/aromatic N) is 1. The molecule has 1 atom stereocenters. The molecule has 0 spiro atoms. The summed E-state index contributed by atoms with van der Waals surface area (Å²) in [5, 5.41) is 2.99. The van der Waals surface area contributed by atoms with Gasteiger partial charge in [0.2, 0.25) is 5.91 Å². The fourth-order valence-electron chi connectivity index (χ4n) is 2.60. The van der Waals surface area contributed by atoms with Crippen LogP contribution in [0.1, 0.15) is 23.6 Å². The van der Waals surface area contributed by atoms with Crippen LogP contribution in [-0.2, 0) is 4.79 Å². The zero-order valence-electron chi connectivity index (χ0n) is 13.9. The third kappa shape index (κ3) is 4.47. The normalized spacial score (nSPS) is 14.1. The first-order valence-electron chi connectivity index (χ1n) is 8.15. The van der Waals surface area contributed by atoms with Crippen molar-refractivity contribution in [1.82, 2.24) is 10.3 Å². The number of fused-ring (bicyclic) bond motifs is 1. The molecule has 0 bridgehead atoms. The van der Waals surface area contributed by atoms with Crippen LogP contribution in [0.25, 0.3) is 6.08 Å². The minimum atomic E-state index is -0.168. The molecule has 1 amide bonds. The van der Waals surface area contributed by atoms with Crippen molar-refractivity contribution in [1.29, 1.82) is 0 Å². The third-order valence-corrected chi connectivity index (χ3v) is 3.82. The Kier molecular flexibility index (Phi) is 5.46. The van der Waals surface area contributed by atoms with Crippen LogP contribution in [0.15, 0.2) is 61.5 Å². The number of benzene rings is 1. The Hall–Kier alpha value is -3.08. The molecule has 5 heteroatoms. The number of carbonyl (C=O) groups is 1. The molecule has 2 aromatic rings. The number of nitrogens with one attached hydrogen (secondary N) is 1. The van der Waals surface area contributed by atoms with Gasteiger partial charge in [0.05, 0.1) is 6.04 Å². The molecule has 1 aliphatic heterocycles. The van der Waals surface area contributed by atoms with Crippen LogP contribution in [0, 0.1) is 0 Å². The predicted molar refractivity (Wildman–Crippen MR) is 96.4 cm³/mol. The van der Waals surface area contributed by atoms with E-state index in [1.54, 1.807) is 24.5 Å². The van der Waals surface area contributed by atoms with E-state index in [-0.39, 0.29) is 11.9 Å². The highest BCUT2D eigenvalue weighted by molar-refractivity contribution is 5.92. The van der Waals surface area contributed by atoms with Crippen molar-refractivity contribution in [2.24, 2.45) is 0 Å². The summed E-state index contributed by atoms with van der Waals surface area (Å²) in [5.74, 6) is 1.27. The first kappa shape index (κ1) is 16.8. The monoisotopic (exact) mass is 336 g/mol. The number of rotatable bonds is 6. The third-order valence-electron chi connectivity index (χ3n) is 3.82. The van der Waals surface area contributed by atoms with Gasteiger partial charge >= 0.3 is 0 Å². The van der Waals surface area contributed by atoms with Gasteiger partial charge in [-0.3, -0.25) is 9.78 Å². The van der Waals surface area contributed by atoms with Gasteiger partial charge in [-0.2, -0.15) is 0 Å². The van der Waals surface area contributed by atoms with E-state index in [2.05, 4.69) is 16.9 Å². The molecular formula is C20H20N2O3. The fraction of sp³-hybridized carbons (Fsp3) is 0.200. The quantitative estimate of drug-likeness (QED) is 0.649. The maximum Gasteiger partial charge on any atom is 0.244 e. The van der Waals surface area contributed by atoms with Gasteiger partial charge in [-0.15, -0.1) is 6.58 Å². The molecule has 2 heterocycles. The minimum Gasteiger partial charge on any atom is -0.486 e. The molecule has 5 nitrogen and oxygen atoms in total. The summed E-state index contributed by atoms with van der Waals surface area (Å²) in [6.45, 7) is 4.85. The van der Waals surface area contributed by atoms with Crippen molar-refractivity contribution in [2.45, 2.75) is 12.5 Å². The minimum absolute atomic E-state index is 0.127. The second kappa shape index (κ2) is 8.15. The topological polar surface area (TPSA) is 60.5 Å². The average molecular weight is 336 g/mol. The number of ether oxygens (including phenoxy) is 2. The van der Waals surface area contributed by atoms with Gasteiger partial charge in [0.25, 0.3) is 0 Å². The summed E-state index contributed by atoms with van der Waals surface area (Å²) >= 11 is 0. The SMILES string of the molecule is C=CCC(NC(=O)C=Cc1ccc2c(c1)OCCO2)c1ccncc1. The van der Waals surface area contributed by atoms with Crippen LogP contribution < -0.4 is 14.8 Å². The fourth-order valence-corrected chi connectivity index (χ4v) is 2.60. The van der Waals surface area contributed by atoms with Crippen molar-refractivity contribution in [3.05, 3.63) is 72.6 Å². The van der Waals surface area contributed by atoms with Crippen LogP contribution in [0.5, 0.6) is 11.5 Å². The number of carbonyl (C=O) groups excluding carboxylic acids is 1. The summed E-state index contributed by atoms with van der Waals surface area (Å²) in [5.41, 5.74) is 1.87. The molecule has 0 aliphatic carbocycles. The van der Waals surface area contributed by atoms with E-state index in [1.165, 1.54) is 6.08 Å². The molecule has 1 unspecified atom stereocenters. The van der Waals surface area contributed by atoms with Crippen LogP contribution >= 0.6 is 0 Å². The number of hydrogen-bond acceptors (Lipinski definition) is 4. The Morgan fingerprint density at radius 1 is 1.20 bits per heavy atom. The molecule has 128 valence electrons. The molecule has 3 rings (SSSR count). The van der Waals surface area contributed by atoms with Crippen LogP contribution in [0.3, 0.4) is 0 Å². The molecular weight excluding hydrogens is 316 g/mol. The van der Waals surface area contributed by atoms with Gasteiger partial charge in [0, 0.05) is 18.5 Å². The second-order valence-corrected chi connectivity index (χ2v) is 5.60. The van der Waals surface area contributed by atoms with E-state index >= 15 is 0 Å². The van der Waals surface area contributed by atoms with E-state index in [9.17, 15) is 4.79 Å². The standard InChI is InChI=1S/C20H20N2O3/c1-2-3-17(16-8-10-21-11-9-16)22-20(23)7-5-15-4-6-18-19(14-15)25-13-12-24-18/h2,4-11,14,17H,1,3,12-13H2,(H,22,23). The zero-order valence-corrected chi connectivity index (χ0v) is 13.9. The molecule has 0 fully saturated rings. The molecule has 1 N–H and O–H groups in total. The lowest BCUT2D eigenvalue weighted by molar-refractivity contribution is -0.117. The Morgan fingerprint density at radius 2 is 1.96 bits per heavy atom. The zero-order chi connectivity index (χ0) is 17.5. The lowest BCUT2D eigenvalue weighted by atomic mass is 10.1. The number of aromatic nitrogens is 1. The summed E-state index contributed by atoms with van der Waals surface area (Å²) in [7, 11) is 0. The van der Waals surface area contributed by atoms with Gasteiger partial charge in [-0.05, 0) is 47.9 Å². The average Bonchev–Trinajstić information content (AvgIpc) is 2.66. The first-order valence-corrected chi connectivity index (χ1v) is 8.15. The summed E-state index contributed by atoms with van der Waals surface area (Å²) < 4.78 is 11.0. The second-order valence-electron chi connectivity index (χ2n) is 5.60. The van der Waals surface area contributed by atoms with Crippen molar-refractivity contribution >= 4 is 12.0 Å². The van der Waals surface area contributed by atoms with Crippen LogP contribution in [0.2, 0.25) is 0 Å². The summed E-state index contributed by atoms with van der Waals surface area (Å²) in [6.07, 6.45) is 9.13. The van der Waals surface area contributed by atoms with Gasteiger partial charge < -0.3 is 14.8 Å². The highest BCUT2D eigenvalue weighted by atomic mass is 16.6. The molecule has 25 heavy (non-hydrogen) atoms. The Morgan fingerprint density at radius 3 is 2.72 bits per heavy atom. The molecule has 1 aromatic carbocycles. The van der Waals surface area contributed by atoms with Gasteiger partial charge in [-0.1, -0.05) is 12.1 Å². The highest BCUT2D eigenvalue weighted by Crippen LogP contribution is 2.31. The number of amides is 1. The van der Waals surface area contributed by atoms with E-state index in [0.29, 0.717) is 25.4 Å².